The van der Waals surface area contributed by atoms with Gasteiger partial charge >= 0.3 is 11.9 Å². The quantitative estimate of drug-likeness (QED) is 0.0413. The van der Waals surface area contributed by atoms with Crippen molar-refractivity contribution < 1.29 is 24.2 Å². The third-order valence-electron chi connectivity index (χ3n) is 8.28. The van der Waals surface area contributed by atoms with Crippen LogP contribution in [0.15, 0.2) is 60.8 Å². The average molecular weight is 671 g/mol. The molecular formula is C43H74O5. The summed E-state index contributed by atoms with van der Waals surface area (Å²) in [6.07, 6.45) is 49.9. The van der Waals surface area contributed by atoms with Gasteiger partial charge < -0.3 is 14.6 Å². The molecule has 48 heavy (non-hydrogen) atoms. The first kappa shape index (κ1) is 45.6. The van der Waals surface area contributed by atoms with Gasteiger partial charge in [-0.25, -0.2) is 0 Å². The van der Waals surface area contributed by atoms with Gasteiger partial charge in [-0.2, -0.15) is 0 Å². The van der Waals surface area contributed by atoms with Gasteiger partial charge in [0.05, 0.1) is 6.61 Å². The molecule has 1 atom stereocenters. The van der Waals surface area contributed by atoms with Crippen molar-refractivity contribution in [2.75, 3.05) is 13.2 Å². The van der Waals surface area contributed by atoms with Crippen molar-refractivity contribution in [3.05, 3.63) is 60.8 Å². The summed E-state index contributed by atoms with van der Waals surface area (Å²) in [6.45, 7) is 4.05. The van der Waals surface area contributed by atoms with Gasteiger partial charge in [0, 0.05) is 12.8 Å². The Balaban J connectivity index is 3.63. The summed E-state index contributed by atoms with van der Waals surface area (Å²) < 4.78 is 10.6. The van der Waals surface area contributed by atoms with Gasteiger partial charge in [0.1, 0.15) is 6.61 Å². The Bertz CT molecular complexity index is 853. The number of rotatable bonds is 35. The van der Waals surface area contributed by atoms with Crippen LogP contribution in [0.2, 0.25) is 0 Å². The molecule has 0 heterocycles. The lowest BCUT2D eigenvalue weighted by Gasteiger charge is -2.15. The Labute approximate surface area is 296 Å². The van der Waals surface area contributed by atoms with E-state index in [9.17, 15) is 14.7 Å². The lowest BCUT2D eigenvalue weighted by Crippen LogP contribution is -2.28. The monoisotopic (exact) mass is 671 g/mol. The molecule has 0 aliphatic carbocycles. The largest absolute Gasteiger partial charge is 0.462 e. The van der Waals surface area contributed by atoms with E-state index in [-0.39, 0.29) is 25.2 Å². The summed E-state index contributed by atoms with van der Waals surface area (Å²) in [5, 5.41) is 9.55. The predicted octanol–water partition coefficient (Wildman–Crippen LogP) is 12.4. The van der Waals surface area contributed by atoms with E-state index in [1.807, 2.05) is 0 Å². The van der Waals surface area contributed by atoms with Crippen molar-refractivity contribution in [3.63, 3.8) is 0 Å². The molecule has 0 amide bonds. The van der Waals surface area contributed by atoms with E-state index in [2.05, 4.69) is 74.6 Å². The summed E-state index contributed by atoms with van der Waals surface area (Å²) in [6, 6.07) is 0. The van der Waals surface area contributed by atoms with Crippen LogP contribution < -0.4 is 0 Å². The number of esters is 2. The third kappa shape index (κ3) is 36.4. The molecule has 0 unspecified atom stereocenters. The Hall–Kier alpha value is -2.40. The maximum Gasteiger partial charge on any atom is 0.306 e. The minimum atomic E-state index is -0.785. The van der Waals surface area contributed by atoms with Crippen molar-refractivity contribution in [1.82, 2.24) is 0 Å². The van der Waals surface area contributed by atoms with Crippen LogP contribution in [-0.4, -0.2) is 36.4 Å². The number of allylic oxidation sites excluding steroid dienone is 10. The molecule has 0 spiro atoms. The highest BCUT2D eigenvalue weighted by Gasteiger charge is 2.16. The second kappa shape index (κ2) is 39.0. The van der Waals surface area contributed by atoms with Gasteiger partial charge in [-0.1, -0.05) is 145 Å². The molecule has 276 valence electrons. The maximum atomic E-state index is 12.2. The van der Waals surface area contributed by atoms with E-state index in [1.54, 1.807) is 0 Å². The van der Waals surface area contributed by atoms with Gasteiger partial charge in [0.25, 0.3) is 0 Å². The van der Waals surface area contributed by atoms with Crippen LogP contribution in [-0.2, 0) is 19.1 Å². The summed E-state index contributed by atoms with van der Waals surface area (Å²) >= 11 is 0. The molecule has 5 heteroatoms. The van der Waals surface area contributed by atoms with Crippen LogP contribution in [0.4, 0.5) is 0 Å². The summed E-state index contributed by atoms with van der Waals surface area (Å²) in [5.41, 5.74) is 0. The zero-order valence-electron chi connectivity index (χ0n) is 31.2. The zero-order chi connectivity index (χ0) is 35.0. The smallest absolute Gasteiger partial charge is 0.306 e. The summed E-state index contributed by atoms with van der Waals surface area (Å²) in [4.78, 5) is 24.2. The van der Waals surface area contributed by atoms with E-state index < -0.39 is 6.10 Å². The number of hydrogen-bond donors (Lipinski definition) is 1. The van der Waals surface area contributed by atoms with Crippen molar-refractivity contribution in [2.45, 2.75) is 187 Å². The number of aliphatic hydroxyl groups is 1. The molecule has 0 aliphatic rings. The van der Waals surface area contributed by atoms with E-state index in [1.165, 1.54) is 83.5 Å². The minimum absolute atomic E-state index is 0.0807. The molecule has 0 saturated carbocycles. The Morgan fingerprint density at radius 2 is 0.833 bits per heavy atom. The SMILES string of the molecule is CCCCC/C=C\C/C=C\C/C=C\CCCCCCCCC(=O)O[C@@H](CO)COC(=O)CCCCCCC/C=C\C/C=C\CCCCC. The molecule has 0 fully saturated rings. The normalized spacial score (nSPS) is 12.8. The lowest BCUT2D eigenvalue weighted by atomic mass is 10.1. The fourth-order valence-electron chi connectivity index (χ4n) is 5.24. The molecule has 0 aliphatic heterocycles. The van der Waals surface area contributed by atoms with Gasteiger partial charge in [-0.3, -0.25) is 9.59 Å². The average Bonchev–Trinajstić information content (AvgIpc) is 3.09. The highest BCUT2D eigenvalue weighted by molar-refractivity contribution is 5.70. The van der Waals surface area contributed by atoms with Gasteiger partial charge in [0.15, 0.2) is 6.10 Å². The van der Waals surface area contributed by atoms with E-state index in [0.717, 1.165) is 70.6 Å². The van der Waals surface area contributed by atoms with Crippen molar-refractivity contribution in [3.8, 4) is 0 Å². The first-order valence-corrected chi connectivity index (χ1v) is 19.8. The highest BCUT2D eigenvalue weighted by Crippen LogP contribution is 2.12. The summed E-state index contributed by atoms with van der Waals surface area (Å²) in [7, 11) is 0. The van der Waals surface area contributed by atoms with Gasteiger partial charge in [-0.05, 0) is 83.5 Å². The fraction of sp³-hybridized carbons (Fsp3) is 0.721. The second-order valence-electron chi connectivity index (χ2n) is 13.0. The van der Waals surface area contributed by atoms with Crippen molar-refractivity contribution in [1.29, 1.82) is 0 Å². The van der Waals surface area contributed by atoms with Gasteiger partial charge in [-0.15, -0.1) is 0 Å². The lowest BCUT2D eigenvalue weighted by molar-refractivity contribution is -0.161. The maximum absolute atomic E-state index is 12.2. The van der Waals surface area contributed by atoms with Crippen LogP contribution in [0, 0.1) is 0 Å². The molecule has 0 bridgehead atoms. The fourth-order valence-corrected chi connectivity index (χ4v) is 5.24. The molecule has 0 aromatic rings. The van der Waals surface area contributed by atoms with Crippen LogP contribution in [0.3, 0.4) is 0 Å². The first-order chi connectivity index (χ1) is 23.6. The molecule has 0 saturated heterocycles. The van der Waals surface area contributed by atoms with E-state index >= 15 is 0 Å². The highest BCUT2D eigenvalue weighted by atomic mass is 16.6. The molecule has 0 aromatic heterocycles. The number of aliphatic hydroxyl groups excluding tert-OH is 1. The van der Waals surface area contributed by atoms with Crippen LogP contribution in [0.5, 0.6) is 0 Å². The Kier molecular flexibility index (Phi) is 37.1. The number of ether oxygens (including phenoxy) is 2. The van der Waals surface area contributed by atoms with Crippen LogP contribution >= 0.6 is 0 Å². The zero-order valence-corrected chi connectivity index (χ0v) is 31.2. The van der Waals surface area contributed by atoms with Crippen molar-refractivity contribution >= 4 is 11.9 Å². The predicted molar refractivity (Wildman–Crippen MR) is 205 cm³/mol. The number of carbonyl (C=O) groups excluding carboxylic acids is 2. The van der Waals surface area contributed by atoms with Crippen LogP contribution in [0.1, 0.15) is 181 Å². The van der Waals surface area contributed by atoms with E-state index in [0.29, 0.717) is 12.8 Å². The number of carbonyl (C=O) groups is 2. The molecule has 0 aromatic carbocycles. The molecule has 1 N–H and O–H groups in total. The first-order valence-electron chi connectivity index (χ1n) is 19.8. The Morgan fingerprint density at radius 1 is 0.479 bits per heavy atom. The van der Waals surface area contributed by atoms with E-state index in [4.69, 9.17) is 9.47 Å². The molecule has 5 nitrogen and oxygen atoms in total. The summed E-state index contributed by atoms with van der Waals surface area (Å²) in [5.74, 6) is -0.625. The second-order valence-corrected chi connectivity index (χ2v) is 13.0. The number of unbranched alkanes of at least 4 members (excludes halogenated alkanes) is 17. The van der Waals surface area contributed by atoms with Gasteiger partial charge in [0.2, 0.25) is 0 Å². The Morgan fingerprint density at radius 3 is 1.25 bits per heavy atom. The topological polar surface area (TPSA) is 72.8 Å². The number of hydrogen-bond acceptors (Lipinski definition) is 5. The molecule has 0 radical (unpaired) electrons. The van der Waals surface area contributed by atoms with Crippen molar-refractivity contribution in [2.24, 2.45) is 0 Å². The minimum Gasteiger partial charge on any atom is -0.462 e. The van der Waals surface area contributed by atoms with Crippen LogP contribution in [0.25, 0.3) is 0 Å². The molecular weight excluding hydrogens is 596 g/mol. The standard InChI is InChI=1S/C43H74O5/c1-3-5-7-9-11-13-15-17-19-20-21-22-24-26-28-30-32-34-36-38-43(46)48-41(39-44)40-47-42(45)37-35-33-31-29-27-25-23-18-16-14-12-10-8-6-4-2/h11-14,17-19,21-23,41,44H,3-10,15-16,20,24-40H2,1-2H3/b13-11-,14-12-,19-17-,22-21-,23-18-/t41-/m0/s1. The molecule has 0 rings (SSSR count). The third-order valence-corrected chi connectivity index (χ3v) is 8.28.